The zero-order chi connectivity index (χ0) is 13.7. The fraction of sp³-hybridized carbons (Fsp3) is 0.267. The fourth-order valence-electron chi connectivity index (χ4n) is 2.10. The van der Waals surface area contributed by atoms with Crippen LogP contribution in [0.2, 0.25) is 0 Å². The van der Waals surface area contributed by atoms with Gasteiger partial charge in [-0.2, -0.15) is 0 Å². The van der Waals surface area contributed by atoms with Crippen LogP contribution in [0.15, 0.2) is 48.7 Å². The van der Waals surface area contributed by atoms with Gasteiger partial charge < -0.3 is 16.2 Å². The zero-order valence-electron chi connectivity index (χ0n) is 11.0. The number of ether oxygens (including phenoxy) is 1. The second-order valence-corrected chi connectivity index (χ2v) is 4.29. The molecule has 4 N–H and O–H groups in total. The molecule has 1 aromatic heterocycles. The minimum atomic E-state index is -0.337. The highest BCUT2D eigenvalue weighted by atomic mass is 16.5. The van der Waals surface area contributed by atoms with E-state index in [9.17, 15) is 0 Å². The van der Waals surface area contributed by atoms with Crippen molar-refractivity contribution in [3.05, 3.63) is 59.8 Å². The van der Waals surface area contributed by atoms with Crippen molar-refractivity contribution in [2.45, 2.75) is 19.1 Å². The van der Waals surface area contributed by atoms with Crippen LogP contribution < -0.4 is 11.5 Å². The van der Waals surface area contributed by atoms with Crippen LogP contribution in [0.1, 0.15) is 30.2 Å². The number of rotatable bonds is 5. The van der Waals surface area contributed by atoms with Crippen LogP contribution in [0.4, 0.5) is 5.82 Å². The highest BCUT2D eigenvalue weighted by Gasteiger charge is 2.23. The van der Waals surface area contributed by atoms with E-state index in [1.54, 1.807) is 6.20 Å². The van der Waals surface area contributed by atoms with Gasteiger partial charge in [0.25, 0.3) is 0 Å². The highest BCUT2D eigenvalue weighted by molar-refractivity contribution is 5.42. The largest absolute Gasteiger partial charge is 0.383 e. The maximum Gasteiger partial charge on any atom is 0.128 e. The topological polar surface area (TPSA) is 74.2 Å². The average molecular weight is 257 g/mol. The lowest BCUT2D eigenvalue weighted by atomic mass is 9.97. The molecule has 100 valence electrons. The van der Waals surface area contributed by atoms with Gasteiger partial charge in [0.2, 0.25) is 0 Å². The molecule has 4 heteroatoms. The number of benzene rings is 1. The smallest absolute Gasteiger partial charge is 0.128 e. The minimum absolute atomic E-state index is 0.224. The summed E-state index contributed by atoms with van der Waals surface area (Å²) < 4.78 is 5.79. The first kappa shape index (κ1) is 13.5. The number of anilines is 1. The van der Waals surface area contributed by atoms with Gasteiger partial charge in [-0.1, -0.05) is 36.4 Å². The number of hydrogen-bond acceptors (Lipinski definition) is 4. The minimum Gasteiger partial charge on any atom is -0.383 e. The standard InChI is InChI=1S/C15H19N3O/c1-2-19-14(11-7-4-3-5-8-11)13(16)12-9-6-10-18-15(12)17/h3-10,13-14H,2,16H2,1H3,(H2,17,18). The molecule has 0 spiro atoms. The van der Waals surface area contributed by atoms with Gasteiger partial charge >= 0.3 is 0 Å². The van der Waals surface area contributed by atoms with Crippen molar-refractivity contribution in [1.29, 1.82) is 0 Å². The Labute approximate surface area is 113 Å². The van der Waals surface area contributed by atoms with Crippen LogP contribution in [0.25, 0.3) is 0 Å². The Hall–Kier alpha value is -1.91. The summed E-state index contributed by atoms with van der Waals surface area (Å²) in [5, 5.41) is 0. The third-order valence-corrected chi connectivity index (χ3v) is 3.03. The molecule has 2 rings (SSSR count). The van der Waals surface area contributed by atoms with Gasteiger partial charge in [0.1, 0.15) is 11.9 Å². The predicted molar refractivity (Wildman–Crippen MR) is 76.4 cm³/mol. The van der Waals surface area contributed by atoms with E-state index in [1.165, 1.54) is 0 Å². The van der Waals surface area contributed by atoms with Gasteiger partial charge in [-0.25, -0.2) is 4.98 Å². The number of nitrogen functional groups attached to an aromatic ring is 1. The predicted octanol–water partition coefficient (Wildman–Crippen LogP) is 2.44. The molecule has 0 aliphatic carbocycles. The monoisotopic (exact) mass is 257 g/mol. The molecule has 2 unspecified atom stereocenters. The number of hydrogen-bond donors (Lipinski definition) is 2. The molecule has 1 aromatic carbocycles. The maximum absolute atomic E-state index is 6.31. The molecule has 0 saturated heterocycles. The van der Waals surface area contributed by atoms with E-state index in [0.29, 0.717) is 12.4 Å². The molecule has 2 atom stereocenters. The summed E-state index contributed by atoms with van der Waals surface area (Å²) in [6.07, 6.45) is 1.43. The van der Waals surface area contributed by atoms with E-state index in [0.717, 1.165) is 11.1 Å². The van der Waals surface area contributed by atoms with E-state index in [1.807, 2.05) is 49.4 Å². The van der Waals surface area contributed by atoms with Crippen molar-refractivity contribution >= 4 is 5.82 Å². The van der Waals surface area contributed by atoms with Crippen LogP contribution >= 0.6 is 0 Å². The first-order valence-electron chi connectivity index (χ1n) is 6.36. The van der Waals surface area contributed by atoms with Crippen LogP contribution in [0.5, 0.6) is 0 Å². The molecule has 0 fully saturated rings. The molecule has 0 radical (unpaired) electrons. The first-order valence-corrected chi connectivity index (χ1v) is 6.36. The molecular weight excluding hydrogens is 238 g/mol. The highest BCUT2D eigenvalue weighted by Crippen LogP contribution is 2.31. The zero-order valence-corrected chi connectivity index (χ0v) is 11.0. The van der Waals surface area contributed by atoms with Crippen LogP contribution in [0.3, 0.4) is 0 Å². The normalized spacial score (nSPS) is 14.0. The van der Waals surface area contributed by atoms with E-state index < -0.39 is 0 Å². The molecule has 0 bridgehead atoms. The fourth-order valence-corrected chi connectivity index (χ4v) is 2.10. The second-order valence-electron chi connectivity index (χ2n) is 4.29. The van der Waals surface area contributed by atoms with Crippen LogP contribution in [0, 0.1) is 0 Å². The van der Waals surface area contributed by atoms with E-state index >= 15 is 0 Å². The van der Waals surface area contributed by atoms with Gasteiger partial charge in [0.05, 0.1) is 6.04 Å². The quantitative estimate of drug-likeness (QED) is 0.862. The number of pyridine rings is 1. The third kappa shape index (κ3) is 3.10. The Bertz CT molecular complexity index is 516. The Morgan fingerprint density at radius 2 is 1.89 bits per heavy atom. The molecule has 19 heavy (non-hydrogen) atoms. The van der Waals surface area contributed by atoms with Crippen molar-refractivity contribution < 1.29 is 4.74 Å². The van der Waals surface area contributed by atoms with Gasteiger partial charge in [0, 0.05) is 18.4 Å². The van der Waals surface area contributed by atoms with Crippen molar-refractivity contribution in [2.24, 2.45) is 5.73 Å². The maximum atomic E-state index is 6.31. The summed E-state index contributed by atoms with van der Waals surface area (Å²) in [7, 11) is 0. The summed E-state index contributed by atoms with van der Waals surface area (Å²) >= 11 is 0. The number of aromatic nitrogens is 1. The van der Waals surface area contributed by atoms with E-state index in [4.69, 9.17) is 16.2 Å². The van der Waals surface area contributed by atoms with Crippen molar-refractivity contribution in [2.75, 3.05) is 12.3 Å². The lowest BCUT2D eigenvalue weighted by Crippen LogP contribution is -2.23. The second kappa shape index (κ2) is 6.31. The molecule has 1 heterocycles. The van der Waals surface area contributed by atoms with Crippen LogP contribution in [-0.4, -0.2) is 11.6 Å². The van der Waals surface area contributed by atoms with E-state index in [2.05, 4.69) is 4.98 Å². The summed E-state index contributed by atoms with van der Waals surface area (Å²) in [6.45, 7) is 2.54. The lowest BCUT2D eigenvalue weighted by Gasteiger charge is -2.25. The summed E-state index contributed by atoms with van der Waals surface area (Å²) in [6, 6.07) is 13.3. The summed E-state index contributed by atoms with van der Waals surface area (Å²) in [4.78, 5) is 4.08. The molecule has 4 nitrogen and oxygen atoms in total. The van der Waals surface area contributed by atoms with Crippen molar-refractivity contribution in [3.63, 3.8) is 0 Å². The number of nitrogens with two attached hydrogens (primary N) is 2. The van der Waals surface area contributed by atoms with Gasteiger partial charge in [-0.15, -0.1) is 0 Å². The van der Waals surface area contributed by atoms with Gasteiger partial charge in [-0.05, 0) is 18.6 Å². The first-order chi connectivity index (χ1) is 9.24. The Morgan fingerprint density at radius 1 is 1.16 bits per heavy atom. The summed E-state index contributed by atoms with van der Waals surface area (Å²) in [5.74, 6) is 0.454. The average Bonchev–Trinajstić information content (AvgIpc) is 2.45. The molecule has 0 aliphatic rings. The van der Waals surface area contributed by atoms with Crippen molar-refractivity contribution in [3.8, 4) is 0 Å². The Kier molecular flexibility index (Phi) is 4.49. The SMILES string of the molecule is CCOC(c1ccccc1)C(N)c1cccnc1N. The van der Waals surface area contributed by atoms with Crippen molar-refractivity contribution in [1.82, 2.24) is 4.98 Å². The molecule has 2 aromatic rings. The van der Waals surface area contributed by atoms with Crippen LogP contribution in [-0.2, 0) is 4.74 Å². The number of nitrogens with zero attached hydrogens (tertiary/aromatic N) is 1. The van der Waals surface area contributed by atoms with Gasteiger partial charge in [0.15, 0.2) is 0 Å². The Morgan fingerprint density at radius 3 is 2.53 bits per heavy atom. The van der Waals surface area contributed by atoms with Gasteiger partial charge in [-0.3, -0.25) is 0 Å². The summed E-state index contributed by atoms with van der Waals surface area (Å²) in [5.41, 5.74) is 14.1. The molecule has 0 saturated carbocycles. The Balaban J connectivity index is 2.32. The van der Waals surface area contributed by atoms with E-state index in [-0.39, 0.29) is 12.1 Å². The molecule has 0 aliphatic heterocycles. The molecular formula is C15H19N3O. The lowest BCUT2D eigenvalue weighted by molar-refractivity contribution is 0.0430. The third-order valence-electron chi connectivity index (χ3n) is 3.03. The molecule has 0 amide bonds.